The monoisotopic (exact) mass is 1060 g/mol. The molecule has 11 atom stereocenters. The van der Waals surface area contributed by atoms with Crippen LogP contribution < -0.4 is 48.3 Å². The standard InChI is InChI=1S/C48H72N10O17/c1-8-24(4)38(48(74)75)57-41(67)27(7)51-46(72)37(23(2)3)56-43(69)30(17-19-35(61)62)52-42(68)29(16-18-34(59)60)53-45(71)33-15-12-20-58(33)47(73)32(21-28-13-10-9-11-14-28)55-44(70)31(22-36(63)64)54-40(66)26(6)50-39(65)25(5)49/h9-11,13-14,23-27,29-33,37-38H,8,12,15-22,49H2,1-7H3,(H,50,65)(H,51,72)(H,52,68)(H,53,71)(H,54,66)(H,55,70)(H,56,69)(H,57,67)(H,59,60)(H,61,62)(H,63,64)(H,74,75)/t24-,25-,26-,27-,29-,30-,31-,32-,33-,37-,38-/m0/s1. The van der Waals surface area contributed by atoms with Gasteiger partial charge in [-0.3, -0.25) is 57.5 Å². The zero-order valence-corrected chi connectivity index (χ0v) is 43.0. The summed E-state index contributed by atoms with van der Waals surface area (Å²) >= 11 is 0. The van der Waals surface area contributed by atoms with Crippen molar-refractivity contribution in [1.29, 1.82) is 0 Å². The third-order valence-electron chi connectivity index (χ3n) is 12.2. The third-order valence-corrected chi connectivity index (χ3v) is 12.2. The van der Waals surface area contributed by atoms with Crippen LogP contribution in [0.4, 0.5) is 0 Å². The molecular formula is C48H72N10O17. The third kappa shape index (κ3) is 21.0. The Kier molecular flexibility index (Phi) is 25.8. The van der Waals surface area contributed by atoms with Crippen molar-refractivity contribution < 1.29 is 82.8 Å². The van der Waals surface area contributed by atoms with Crippen molar-refractivity contribution in [3.63, 3.8) is 0 Å². The number of carbonyl (C=O) groups is 13. The van der Waals surface area contributed by atoms with E-state index in [9.17, 15) is 82.8 Å². The van der Waals surface area contributed by atoms with Gasteiger partial charge in [0.1, 0.15) is 54.4 Å². The van der Waals surface area contributed by atoms with Gasteiger partial charge in [-0.25, -0.2) is 4.79 Å². The first kappa shape index (κ1) is 63.4. The van der Waals surface area contributed by atoms with E-state index in [2.05, 4.69) is 42.5 Å². The van der Waals surface area contributed by atoms with Gasteiger partial charge in [-0.2, -0.15) is 0 Å². The van der Waals surface area contributed by atoms with Crippen LogP contribution >= 0.6 is 0 Å². The molecular weight excluding hydrogens is 989 g/mol. The molecule has 0 radical (unpaired) electrons. The topological polar surface area (TPSA) is 428 Å². The Hall–Kier alpha value is -7.71. The molecule has 1 aliphatic rings. The summed E-state index contributed by atoms with van der Waals surface area (Å²) in [7, 11) is 0. The fraction of sp³-hybridized carbons (Fsp3) is 0.604. The number of amides is 9. The highest BCUT2D eigenvalue weighted by Crippen LogP contribution is 2.21. The molecule has 14 N–H and O–H groups in total. The van der Waals surface area contributed by atoms with Crippen molar-refractivity contribution >= 4 is 77.0 Å². The molecule has 0 bridgehead atoms. The van der Waals surface area contributed by atoms with E-state index in [1.165, 1.54) is 34.6 Å². The molecule has 0 aliphatic carbocycles. The number of nitrogens with zero attached hydrogens (tertiary/aromatic N) is 1. The van der Waals surface area contributed by atoms with E-state index in [1.54, 1.807) is 44.2 Å². The minimum atomic E-state index is -1.77. The molecule has 0 unspecified atom stereocenters. The average Bonchev–Trinajstić information content (AvgIpc) is 3.84. The summed E-state index contributed by atoms with van der Waals surface area (Å²) in [4.78, 5) is 170. The number of carboxylic acid groups (broad SMARTS) is 4. The van der Waals surface area contributed by atoms with Gasteiger partial charge < -0.3 is 73.6 Å². The largest absolute Gasteiger partial charge is 0.481 e. The second-order valence-electron chi connectivity index (χ2n) is 18.8. The number of hydrogen-bond acceptors (Lipinski definition) is 14. The lowest BCUT2D eigenvalue weighted by atomic mass is 9.99. The molecule has 0 saturated carbocycles. The van der Waals surface area contributed by atoms with Crippen LogP contribution in [0.1, 0.15) is 105 Å². The molecule has 9 amide bonds. The number of nitrogens with two attached hydrogens (primary N) is 1. The zero-order chi connectivity index (χ0) is 56.9. The van der Waals surface area contributed by atoms with Gasteiger partial charge in [-0.15, -0.1) is 0 Å². The maximum atomic E-state index is 14.5. The second kappa shape index (κ2) is 30.5. The maximum Gasteiger partial charge on any atom is 0.326 e. The van der Waals surface area contributed by atoms with E-state index in [1.807, 2.05) is 0 Å². The minimum absolute atomic E-state index is 0.000144. The van der Waals surface area contributed by atoms with Gasteiger partial charge in [-0.05, 0) is 63.9 Å². The van der Waals surface area contributed by atoms with Crippen molar-refractivity contribution in [2.75, 3.05) is 6.54 Å². The van der Waals surface area contributed by atoms with Crippen LogP contribution in [-0.2, 0) is 68.7 Å². The highest BCUT2D eigenvalue weighted by Gasteiger charge is 2.41. The Balaban J connectivity index is 2.41. The van der Waals surface area contributed by atoms with E-state index in [0.29, 0.717) is 12.0 Å². The summed E-state index contributed by atoms with van der Waals surface area (Å²) in [5, 5.41) is 57.4. The van der Waals surface area contributed by atoms with Gasteiger partial charge in [0.2, 0.25) is 53.2 Å². The Morgan fingerprint density at radius 3 is 1.56 bits per heavy atom. The molecule has 75 heavy (non-hydrogen) atoms. The SMILES string of the molecule is CC[C@H](C)[C@H](NC(=O)[C@H](C)NC(=O)[C@@H](NC(=O)[C@H](CCC(=O)O)NC(=O)[C@H](CCC(=O)O)NC(=O)[C@@H]1CCCN1C(=O)[C@H](Cc1ccccc1)NC(=O)[C@H](CC(=O)O)NC(=O)[C@H](C)NC(=O)[C@H](C)N)C(C)C)C(=O)O. The Morgan fingerprint density at radius 2 is 1.05 bits per heavy atom. The molecule has 27 heteroatoms. The molecule has 1 saturated heterocycles. The number of likely N-dealkylation sites (tertiary alicyclic amines) is 1. The number of carboxylic acids is 4. The first-order chi connectivity index (χ1) is 35.1. The van der Waals surface area contributed by atoms with Crippen LogP contribution in [0, 0.1) is 11.8 Å². The van der Waals surface area contributed by atoms with Crippen LogP contribution in [0.15, 0.2) is 30.3 Å². The lowest BCUT2D eigenvalue weighted by molar-refractivity contribution is -0.144. The van der Waals surface area contributed by atoms with E-state index in [4.69, 9.17) is 5.73 Å². The van der Waals surface area contributed by atoms with Gasteiger partial charge in [0.15, 0.2) is 0 Å². The first-order valence-corrected chi connectivity index (χ1v) is 24.5. The number of carbonyl (C=O) groups excluding carboxylic acids is 9. The van der Waals surface area contributed by atoms with Gasteiger partial charge in [-0.1, -0.05) is 64.4 Å². The Labute approximate surface area is 433 Å². The summed E-state index contributed by atoms with van der Waals surface area (Å²) in [5.74, 6) is -15.3. The van der Waals surface area contributed by atoms with Gasteiger partial charge in [0, 0.05) is 25.8 Å². The second-order valence-corrected chi connectivity index (χ2v) is 18.8. The molecule has 1 aliphatic heterocycles. The Bertz CT molecular complexity index is 2250. The summed E-state index contributed by atoms with van der Waals surface area (Å²) in [5.41, 5.74) is 6.07. The number of rotatable bonds is 31. The van der Waals surface area contributed by atoms with E-state index >= 15 is 0 Å². The van der Waals surface area contributed by atoms with Crippen LogP contribution in [0.5, 0.6) is 0 Å². The van der Waals surface area contributed by atoms with Crippen molar-refractivity contribution in [3.8, 4) is 0 Å². The predicted molar refractivity (Wildman–Crippen MR) is 263 cm³/mol. The highest BCUT2D eigenvalue weighted by molar-refractivity contribution is 5.99. The van der Waals surface area contributed by atoms with Crippen LogP contribution in [0.2, 0.25) is 0 Å². The molecule has 1 aromatic carbocycles. The number of benzene rings is 1. The van der Waals surface area contributed by atoms with Crippen LogP contribution in [0.3, 0.4) is 0 Å². The quantitative estimate of drug-likeness (QED) is 0.0365. The smallest absolute Gasteiger partial charge is 0.326 e. The van der Waals surface area contributed by atoms with Gasteiger partial charge in [0.05, 0.1) is 12.5 Å². The van der Waals surface area contributed by atoms with Gasteiger partial charge in [0.25, 0.3) is 0 Å². The number of aliphatic carboxylic acids is 4. The van der Waals surface area contributed by atoms with E-state index in [-0.39, 0.29) is 25.8 Å². The number of hydrogen-bond donors (Lipinski definition) is 13. The lowest BCUT2D eigenvalue weighted by Gasteiger charge is -2.31. The van der Waals surface area contributed by atoms with Crippen LogP contribution in [0.25, 0.3) is 0 Å². The predicted octanol–water partition coefficient (Wildman–Crippen LogP) is -2.52. The fourth-order valence-corrected chi connectivity index (χ4v) is 7.65. The minimum Gasteiger partial charge on any atom is -0.481 e. The molecule has 0 aromatic heterocycles. The van der Waals surface area contributed by atoms with E-state index in [0.717, 1.165) is 4.90 Å². The van der Waals surface area contributed by atoms with Crippen molar-refractivity contribution in [3.05, 3.63) is 35.9 Å². The molecule has 1 fully saturated rings. The summed E-state index contributed by atoms with van der Waals surface area (Å²) in [6, 6.07) is -6.04. The Morgan fingerprint density at radius 1 is 0.573 bits per heavy atom. The van der Waals surface area contributed by atoms with Crippen LogP contribution in [-0.4, -0.2) is 169 Å². The average molecular weight is 1060 g/mol. The molecule has 0 spiro atoms. The summed E-state index contributed by atoms with van der Waals surface area (Å²) in [6.07, 6.45) is -3.06. The van der Waals surface area contributed by atoms with E-state index < -0.39 is 181 Å². The lowest BCUT2D eigenvalue weighted by Crippen LogP contribution is -2.61. The molecule has 416 valence electrons. The molecule has 1 aromatic rings. The summed E-state index contributed by atoms with van der Waals surface area (Å²) < 4.78 is 0. The maximum absolute atomic E-state index is 14.5. The molecule has 1 heterocycles. The molecule has 2 rings (SSSR count). The fourth-order valence-electron chi connectivity index (χ4n) is 7.65. The van der Waals surface area contributed by atoms with Crippen molar-refractivity contribution in [2.45, 2.75) is 167 Å². The van der Waals surface area contributed by atoms with Crippen molar-refractivity contribution in [1.82, 2.24) is 47.4 Å². The van der Waals surface area contributed by atoms with Gasteiger partial charge >= 0.3 is 23.9 Å². The number of nitrogens with one attached hydrogen (secondary N) is 8. The normalized spacial score (nSPS) is 17.1. The van der Waals surface area contributed by atoms with Crippen molar-refractivity contribution in [2.24, 2.45) is 17.6 Å². The first-order valence-electron chi connectivity index (χ1n) is 24.5. The molecule has 27 nitrogen and oxygen atoms in total. The highest BCUT2D eigenvalue weighted by atomic mass is 16.4. The zero-order valence-electron chi connectivity index (χ0n) is 43.0. The summed E-state index contributed by atoms with van der Waals surface area (Å²) in [6.45, 7) is 10.3.